The number of nitrogens with zero attached hydrogens (tertiary/aromatic N) is 2. The summed E-state index contributed by atoms with van der Waals surface area (Å²) < 4.78 is 0. The molecule has 0 aliphatic rings. The van der Waals surface area contributed by atoms with Gasteiger partial charge in [-0.05, 0) is 19.2 Å². The molecule has 0 aliphatic heterocycles. The number of hydrogen-bond donors (Lipinski definition) is 3. The summed E-state index contributed by atoms with van der Waals surface area (Å²) in [5.74, 6) is 4.63. The zero-order valence-electron chi connectivity index (χ0n) is 11.1. The van der Waals surface area contributed by atoms with Crippen LogP contribution in [0.3, 0.4) is 0 Å². The first-order valence-corrected chi connectivity index (χ1v) is 5.92. The Balaban J connectivity index is 2.56. The number of rotatable bonds is 6. The van der Waals surface area contributed by atoms with Gasteiger partial charge < -0.3 is 10.2 Å². The van der Waals surface area contributed by atoms with Gasteiger partial charge in [0.25, 0.3) is 5.91 Å². The Kier molecular flexibility index (Phi) is 5.91. The summed E-state index contributed by atoms with van der Waals surface area (Å²) in [6, 6.07) is 5.17. The number of hydrazine groups is 1. The van der Waals surface area contributed by atoms with Crippen LogP contribution in [-0.4, -0.2) is 42.3 Å². The summed E-state index contributed by atoms with van der Waals surface area (Å²) in [6.07, 6.45) is 0.427. The molecule has 0 unspecified atom stereocenters. The SMILES string of the molecule is CNC(=O)CCN(C)Cc1cccc(C(=O)NN)n1. The summed E-state index contributed by atoms with van der Waals surface area (Å²) in [7, 11) is 3.50. The number of carbonyl (C=O) groups excluding carboxylic acids is 2. The molecule has 7 heteroatoms. The van der Waals surface area contributed by atoms with Crippen molar-refractivity contribution in [2.75, 3.05) is 20.6 Å². The number of amides is 2. The molecule has 2 amide bonds. The predicted octanol–water partition coefficient (Wildman–Crippen LogP) is -0.747. The maximum Gasteiger partial charge on any atom is 0.283 e. The van der Waals surface area contributed by atoms with Crippen LogP contribution < -0.4 is 16.6 Å². The molecule has 0 fully saturated rings. The molecule has 0 aliphatic carbocycles. The fourth-order valence-electron chi connectivity index (χ4n) is 1.54. The molecule has 1 rings (SSSR count). The van der Waals surface area contributed by atoms with Crippen molar-refractivity contribution in [1.82, 2.24) is 20.6 Å². The smallest absolute Gasteiger partial charge is 0.283 e. The van der Waals surface area contributed by atoms with E-state index in [9.17, 15) is 9.59 Å². The van der Waals surface area contributed by atoms with Gasteiger partial charge in [-0.3, -0.25) is 15.0 Å². The second-order valence-electron chi connectivity index (χ2n) is 4.15. The quantitative estimate of drug-likeness (QED) is 0.357. The standard InChI is InChI=1S/C12H19N5O2/c1-14-11(18)6-7-17(2)8-9-4-3-5-10(15-9)12(19)16-13/h3-5H,6-8,13H2,1-2H3,(H,14,18)(H,16,19). The van der Waals surface area contributed by atoms with Crippen LogP contribution in [0.1, 0.15) is 22.6 Å². The summed E-state index contributed by atoms with van der Waals surface area (Å²) in [5, 5.41) is 2.57. The molecule has 0 radical (unpaired) electrons. The zero-order chi connectivity index (χ0) is 14.3. The molecular formula is C12H19N5O2. The van der Waals surface area contributed by atoms with Crippen LogP contribution in [0.25, 0.3) is 0 Å². The Hall–Kier alpha value is -1.99. The van der Waals surface area contributed by atoms with E-state index in [1.165, 1.54) is 0 Å². The molecule has 4 N–H and O–H groups in total. The fourth-order valence-corrected chi connectivity index (χ4v) is 1.54. The maximum atomic E-state index is 11.3. The van der Waals surface area contributed by atoms with E-state index in [0.29, 0.717) is 19.5 Å². The van der Waals surface area contributed by atoms with Crippen LogP contribution in [-0.2, 0) is 11.3 Å². The largest absolute Gasteiger partial charge is 0.359 e. The van der Waals surface area contributed by atoms with Crippen molar-refractivity contribution in [2.45, 2.75) is 13.0 Å². The van der Waals surface area contributed by atoms with Gasteiger partial charge in [-0.15, -0.1) is 0 Å². The van der Waals surface area contributed by atoms with Gasteiger partial charge in [0.05, 0.1) is 5.69 Å². The molecular weight excluding hydrogens is 246 g/mol. The number of nitrogen functional groups attached to an aromatic ring is 1. The van der Waals surface area contributed by atoms with Crippen molar-refractivity contribution in [2.24, 2.45) is 5.84 Å². The summed E-state index contributed by atoms with van der Waals surface area (Å²) >= 11 is 0. The Labute approximate surface area is 112 Å². The van der Waals surface area contributed by atoms with E-state index < -0.39 is 5.91 Å². The third kappa shape index (κ3) is 5.02. The van der Waals surface area contributed by atoms with Gasteiger partial charge in [-0.2, -0.15) is 0 Å². The van der Waals surface area contributed by atoms with E-state index in [4.69, 9.17) is 5.84 Å². The van der Waals surface area contributed by atoms with Crippen LogP contribution in [0, 0.1) is 0 Å². The average molecular weight is 265 g/mol. The molecule has 0 saturated heterocycles. The maximum absolute atomic E-state index is 11.3. The molecule has 0 bridgehead atoms. The average Bonchev–Trinajstić information content (AvgIpc) is 2.44. The summed E-state index contributed by atoms with van der Waals surface area (Å²) in [5.41, 5.74) is 3.07. The highest BCUT2D eigenvalue weighted by atomic mass is 16.2. The van der Waals surface area contributed by atoms with Crippen LogP contribution in [0.2, 0.25) is 0 Å². The number of aromatic nitrogens is 1. The number of nitrogens with two attached hydrogens (primary N) is 1. The second kappa shape index (κ2) is 7.45. The zero-order valence-corrected chi connectivity index (χ0v) is 11.1. The number of hydrogen-bond acceptors (Lipinski definition) is 5. The van der Waals surface area contributed by atoms with Crippen molar-refractivity contribution < 1.29 is 9.59 Å². The third-order valence-electron chi connectivity index (χ3n) is 2.60. The summed E-state index contributed by atoms with van der Waals surface area (Å²) in [4.78, 5) is 28.6. The minimum Gasteiger partial charge on any atom is -0.359 e. The van der Waals surface area contributed by atoms with E-state index >= 15 is 0 Å². The molecule has 1 aromatic rings. The topological polar surface area (TPSA) is 100 Å². The first kappa shape index (κ1) is 15.1. The van der Waals surface area contributed by atoms with E-state index in [1.807, 2.05) is 23.4 Å². The predicted molar refractivity (Wildman–Crippen MR) is 70.9 cm³/mol. The second-order valence-corrected chi connectivity index (χ2v) is 4.15. The van der Waals surface area contributed by atoms with Gasteiger partial charge in [-0.25, -0.2) is 10.8 Å². The van der Waals surface area contributed by atoms with Crippen LogP contribution >= 0.6 is 0 Å². The lowest BCUT2D eigenvalue weighted by atomic mass is 10.2. The lowest BCUT2D eigenvalue weighted by Crippen LogP contribution is -2.31. The Morgan fingerprint density at radius 2 is 2.16 bits per heavy atom. The van der Waals surface area contributed by atoms with E-state index in [0.717, 1.165) is 5.69 Å². The van der Waals surface area contributed by atoms with Crippen molar-refractivity contribution in [1.29, 1.82) is 0 Å². The molecule has 0 spiro atoms. The third-order valence-corrected chi connectivity index (χ3v) is 2.60. The summed E-state index contributed by atoms with van der Waals surface area (Å²) in [6.45, 7) is 1.18. The van der Waals surface area contributed by atoms with E-state index in [1.54, 1.807) is 19.2 Å². The molecule has 104 valence electrons. The van der Waals surface area contributed by atoms with Crippen molar-refractivity contribution in [3.05, 3.63) is 29.6 Å². The Morgan fingerprint density at radius 3 is 2.79 bits per heavy atom. The highest BCUT2D eigenvalue weighted by Gasteiger charge is 2.08. The van der Waals surface area contributed by atoms with Crippen LogP contribution in [0.4, 0.5) is 0 Å². The fraction of sp³-hybridized carbons (Fsp3) is 0.417. The van der Waals surface area contributed by atoms with Crippen molar-refractivity contribution in [3.8, 4) is 0 Å². The molecule has 1 heterocycles. The van der Waals surface area contributed by atoms with Gasteiger partial charge >= 0.3 is 0 Å². The highest BCUT2D eigenvalue weighted by molar-refractivity contribution is 5.91. The number of nitrogens with one attached hydrogen (secondary N) is 2. The van der Waals surface area contributed by atoms with Gasteiger partial charge in [-0.1, -0.05) is 6.07 Å². The molecule has 1 aromatic heterocycles. The minimum absolute atomic E-state index is 0.00364. The van der Waals surface area contributed by atoms with Crippen molar-refractivity contribution >= 4 is 11.8 Å². The van der Waals surface area contributed by atoms with Gasteiger partial charge in [0, 0.05) is 26.6 Å². The van der Waals surface area contributed by atoms with Crippen LogP contribution in [0.5, 0.6) is 0 Å². The van der Waals surface area contributed by atoms with Gasteiger partial charge in [0.1, 0.15) is 5.69 Å². The lowest BCUT2D eigenvalue weighted by molar-refractivity contribution is -0.120. The highest BCUT2D eigenvalue weighted by Crippen LogP contribution is 2.03. The number of carbonyl (C=O) groups is 2. The minimum atomic E-state index is -0.421. The molecule has 0 aromatic carbocycles. The number of pyridine rings is 1. The normalized spacial score (nSPS) is 10.3. The Morgan fingerprint density at radius 1 is 1.42 bits per heavy atom. The first-order valence-electron chi connectivity index (χ1n) is 5.92. The monoisotopic (exact) mass is 265 g/mol. The van der Waals surface area contributed by atoms with Crippen LogP contribution in [0.15, 0.2) is 18.2 Å². The first-order chi connectivity index (χ1) is 9.06. The Bertz CT molecular complexity index is 450. The molecule has 19 heavy (non-hydrogen) atoms. The lowest BCUT2D eigenvalue weighted by Gasteiger charge is -2.15. The van der Waals surface area contributed by atoms with Crippen molar-refractivity contribution in [3.63, 3.8) is 0 Å². The van der Waals surface area contributed by atoms with E-state index in [-0.39, 0.29) is 11.6 Å². The molecule has 0 saturated carbocycles. The van der Waals surface area contributed by atoms with Gasteiger partial charge in [0.2, 0.25) is 5.91 Å². The molecule has 0 atom stereocenters. The van der Waals surface area contributed by atoms with Gasteiger partial charge in [0.15, 0.2) is 0 Å². The molecule has 7 nitrogen and oxygen atoms in total. The van der Waals surface area contributed by atoms with E-state index in [2.05, 4.69) is 10.3 Å².